The number of fused-ring (bicyclic) bond motifs is 1. The minimum atomic E-state index is -0.339. The summed E-state index contributed by atoms with van der Waals surface area (Å²) in [5.74, 6) is 1.25. The van der Waals surface area contributed by atoms with Gasteiger partial charge in [-0.05, 0) is 43.7 Å². The van der Waals surface area contributed by atoms with Crippen molar-refractivity contribution in [3.8, 4) is 17.2 Å². The highest BCUT2D eigenvalue weighted by atomic mass is 32.1. The van der Waals surface area contributed by atoms with Crippen LogP contribution in [0.25, 0.3) is 27.4 Å². The van der Waals surface area contributed by atoms with Gasteiger partial charge < -0.3 is 0 Å². The predicted molar refractivity (Wildman–Crippen MR) is 89.7 cm³/mol. The number of hydrogen-bond acceptors (Lipinski definition) is 6. The molecule has 3 aromatic heterocycles. The van der Waals surface area contributed by atoms with Gasteiger partial charge in [-0.3, -0.25) is 0 Å². The van der Waals surface area contributed by atoms with Gasteiger partial charge in [0.2, 0.25) is 5.82 Å². The molecule has 4 rings (SSSR count). The molecule has 0 unspecified atom stereocenters. The second kappa shape index (κ2) is 5.41. The molecule has 0 bridgehead atoms. The number of halogens is 1. The lowest BCUT2D eigenvalue weighted by atomic mass is 10.2. The van der Waals surface area contributed by atoms with Crippen LogP contribution in [0.2, 0.25) is 0 Å². The SMILES string of the molecule is Cc1nc(-n2nnc(-c3cccc(F)c3)n2)c2c(C)c(C)sc2n1. The van der Waals surface area contributed by atoms with E-state index >= 15 is 0 Å². The van der Waals surface area contributed by atoms with Crippen LogP contribution in [0.4, 0.5) is 4.39 Å². The number of aromatic nitrogens is 6. The molecule has 6 nitrogen and oxygen atoms in total. The Morgan fingerprint density at radius 2 is 1.96 bits per heavy atom. The zero-order chi connectivity index (χ0) is 16.8. The summed E-state index contributed by atoms with van der Waals surface area (Å²) < 4.78 is 13.4. The van der Waals surface area contributed by atoms with Crippen molar-refractivity contribution in [2.45, 2.75) is 20.8 Å². The molecule has 0 aliphatic carbocycles. The van der Waals surface area contributed by atoms with Gasteiger partial charge in [0.15, 0.2) is 5.82 Å². The van der Waals surface area contributed by atoms with E-state index in [4.69, 9.17) is 0 Å². The van der Waals surface area contributed by atoms with Crippen LogP contribution >= 0.6 is 11.3 Å². The van der Waals surface area contributed by atoms with Gasteiger partial charge in [-0.1, -0.05) is 12.1 Å². The molecular formula is C16H13FN6S. The summed E-state index contributed by atoms with van der Waals surface area (Å²) in [5, 5.41) is 13.4. The smallest absolute Gasteiger partial charge is 0.205 e. The normalized spacial score (nSPS) is 11.3. The molecule has 0 radical (unpaired) electrons. The average Bonchev–Trinajstić information content (AvgIpc) is 3.13. The number of rotatable bonds is 2. The first kappa shape index (κ1) is 14.8. The van der Waals surface area contributed by atoms with Gasteiger partial charge in [-0.15, -0.1) is 26.3 Å². The summed E-state index contributed by atoms with van der Waals surface area (Å²) in [6.07, 6.45) is 0. The van der Waals surface area contributed by atoms with Crippen molar-refractivity contribution < 1.29 is 4.39 Å². The zero-order valence-electron chi connectivity index (χ0n) is 13.3. The van der Waals surface area contributed by atoms with Crippen LogP contribution in [-0.4, -0.2) is 30.2 Å². The Balaban J connectivity index is 1.90. The van der Waals surface area contributed by atoms with Crippen LogP contribution in [-0.2, 0) is 0 Å². The maximum atomic E-state index is 13.4. The van der Waals surface area contributed by atoms with Crippen molar-refractivity contribution >= 4 is 21.6 Å². The second-order valence-electron chi connectivity index (χ2n) is 5.47. The Bertz CT molecular complexity index is 1070. The molecule has 4 aromatic rings. The quantitative estimate of drug-likeness (QED) is 0.559. The fourth-order valence-corrected chi connectivity index (χ4v) is 3.59. The highest BCUT2D eigenvalue weighted by Crippen LogP contribution is 2.32. The molecule has 0 aliphatic heterocycles. The highest BCUT2D eigenvalue weighted by Gasteiger charge is 2.17. The Labute approximate surface area is 141 Å². The number of thiophene rings is 1. The number of tetrazole rings is 1. The average molecular weight is 340 g/mol. The molecule has 0 amide bonds. The van der Waals surface area contributed by atoms with E-state index < -0.39 is 0 Å². The van der Waals surface area contributed by atoms with Gasteiger partial charge in [-0.25, -0.2) is 14.4 Å². The Hall–Kier alpha value is -2.74. The Kier molecular flexibility index (Phi) is 3.34. The molecule has 0 N–H and O–H groups in total. The van der Waals surface area contributed by atoms with Crippen molar-refractivity contribution in [2.24, 2.45) is 0 Å². The lowest BCUT2D eigenvalue weighted by Crippen LogP contribution is -2.05. The van der Waals surface area contributed by atoms with Crippen LogP contribution in [0.3, 0.4) is 0 Å². The minimum Gasteiger partial charge on any atom is -0.222 e. The fraction of sp³-hybridized carbons (Fsp3) is 0.188. The van der Waals surface area contributed by atoms with Crippen molar-refractivity contribution in [1.29, 1.82) is 0 Å². The van der Waals surface area contributed by atoms with Gasteiger partial charge >= 0.3 is 0 Å². The van der Waals surface area contributed by atoms with Crippen LogP contribution in [0.1, 0.15) is 16.3 Å². The third-order valence-corrected chi connectivity index (χ3v) is 4.91. The first-order valence-corrected chi connectivity index (χ1v) is 8.15. The Morgan fingerprint density at radius 3 is 2.75 bits per heavy atom. The van der Waals surface area contributed by atoms with Crippen molar-refractivity contribution in [1.82, 2.24) is 30.2 Å². The molecule has 3 heterocycles. The molecule has 0 spiro atoms. The first-order chi connectivity index (χ1) is 11.5. The van der Waals surface area contributed by atoms with E-state index in [1.54, 1.807) is 23.5 Å². The van der Waals surface area contributed by atoms with Crippen LogP contribution in [0, 0.1) is 26.6 Å². The molecule has 8 heteroatoms. The van der Waals surface area contributed by atoms with Crippen LogP contribution in [0.5, 0.6) is 0 Å². The third-order valence-electron chi connectivity index (χ3n) is 3.81. The Morgan fingerprint density at radius 1 is 1.12 bits per heavy atom. The lowest BCUT2D eigenvalue weighted by Gasteiger charge is -2.02. The van der Waals surface area contributed by atoms with E-state index in [1.165, 1.54) is 21.8 Å². The summed E-state index contributed by atoms with van der Waals surface area (Å²) in [7, 11) is 0. The van der Waals surface area contributed by atoms with Gasteiger partial charge in [0.25, 0.3) is 0 Å². The van der Waals surface area contributed by atoms with E-state index in [2.05, 4.69) is 25.4 Å². The second-order valence-corrected chi connectivity index (χ2v) is 6.67. The minimum absolute atomic E-state index is 0.339. The molecule has 1 aromatic carbocycles. The number of hydrogen-bond donors (Lipinski definition) is 0. The van der Waals surface area contributed by atoms with E-state index in [-0.39, 0.29) is 5.82 Å². The molecular weight excluding hydrogens is 327 g/mol. The van der Waals surface area contributed by atoms with Gasteiger partial charge in [0.05, 0.1) is 5.39 Å². The van der Waals surface area contributed by atoms with Crippen molar-refractivity contribution in [2.75, 3.05) is 0 Å². The van der Waals surface area contributed by atoms with Crippen LogP contribution in [0.15, 0.2) is 24.3 Å². The lowest BCUT2D eigenvalue weighted by molar-refractivity contribution is 0.628. The summed E-state index contributed by atoms with van der Waals surface area (Å²) in [6, 6.07) is 6.11. The van der Waals surface area contributed by atoms with Gasteiger partial charge in [0.1, 0.15) is 16.5 Å². The van der Waals surface area contributed by atoms with E-state index in [0.29, 0.717) is 23.0 Å². The summed E-state index contributed by atoms with van der Waals surface area (Å²) in [5.41, 5.74) is 1.68. The standard InChI is InChI=1S/C16H13FN6S/c1-8-9(2)24-16-13(8)15(18-10(3)19-16)23-21-14(20-22-23)11-5-4-6-12(17)7-11/h4-7H,1-3H3. The molecule has 0 atom stereocenters. The van der Waals surface area contributed by atoms with E-state index in [9.17, 15) is 4.39 Å². The fourth-order valence-electron chi connectivity index (χ4n) is 2.52. The number of nitrogens with zero attached hydrogens (tertiary/aromatic N) is 6. The van der Waals surface area contributed by atoms with E-state index in [1.807, 2.05) is 20.8 Å². The number of benzene rings is 1. The third kappa shape index (κ3) is 2.35. The van der Waals surface area contributed by atoms with Crippen molar-refractivity contribution in [3.05, 3.63) is 46.3 Å². The molecule has 0 saturated heterocycles. The highest BCUT2D eigenvalue weighted by molar-refractivity contribution is 7.18. The van der Waals surface area contributed by atoms with Crippen LogP contribution < -0.4 is 0 Å². The summed E-state index contributed by atoms with van der Waals surface area (Å²) >= 11 is 1.62. The summed E-state index contributed by atoms with van der Waals surface area (Å²) in [6.45, 7) is 5.91. The maximum Gasteiger partial charge on any atom is 0.205 e. The first-order valence-electron chi connectivity index (χ1n) is 7.33. The summed E-state index contributed by atoms with van der Waals surface area (Å²) in [4.78, 5) is 12.4. The maximum absolute atomic E-state index is 13.4. The predicted octanol–water partition coefficient (Wildman–Crippen LogP) is 3.40. The van der Waals surface area contributed by atoms with E-state index in [0.717, 1.165) is 15.8 Å². The molecule has 0 saturated carbocycles. The molecule has 120 valence electrons. The molecule has 0 fully saturated rings. The van der Waals surface area contributed by atoms with Gasteiger partial charge in [-0.2, -0.15) is 0 Å². The van der Waals surface area contributed by atoms with Gasteiger partial charge in [0, 0.05) is 10.4 Å². The van der Waals surface area contributed by atoms with Crippen molar-refractivity contribution in [3.63, 3.8) is 0 Å². The monoisotopic (exact) mass is 340 g/mol. The molecule has 0 aliphatic rings. The number of aryl methyl sites for hydroxylation is 3. The largest absolute Gasteiger partial charge is 0.222 e. The zero-order valence-corrected chi connectivity index (χ0v) is 14.1. The molecule has 24 heavy (non-hydrogen) atoms. The topological polar surface area (TPSA) is 69.4 Å².